The monoisotopic (exact) mass is 434 g/mol. The van der Waals surface area contributed by atoms with Gasteiger partial charge in [-0.15, -0.1) is 0 Å². The minimum absolute atomic E-state index is 0.176. The van der Waals surface area contributed by atoms with Crippen LogP contribution in [0.25, 0.3) is 0 Å². The SMILES string of the molecule is C=C(C)C(=O)O.CC(C)CCCCCCCCCCCCCCC(=O)O.[O]=[Ti]. The van der Waals surface area contributed by atoms with Crippen molar-refractivity contribution >= 4 is 11.9 Å². The molecule has 0 aromatic heterocycles. The van der Waals surface area contributed by atoms with E-state index in [9.17, 15) is 9.59 Å². The van der Waals surface area contributed by atoms with Gasteiger partial charge in [0.15, 0.2) is 0 Å². The van der Waals surface area contributed by atoms with E-state index in [-0.39, 0.29) is 5.57 Å². The van der Waals surface area contributed by atoms with Crippen LogP contribution < -0.4 is 0 Å². The Balaban J connectivity index is -0.000000660. The van der Waals surface area contributed by atoms with Gasteiger partial charge in [0, 0.05) is 12.0 Å². The van der Waals surface area contributed by atoms with E-state index >= 15 is 0 Å². The fourth-order valence-corrected chi connectivity index (χ4v) is 2.60. The van der Waals surface area contributed by atoms with Gasteiger partial charge in [-0.1, -0.05) is 97.5 Å². The van der Waals surface area contributed by atoms with E-state index in [1.165, 1.54) is 77.6 Å². The van der Waals surface area contributed by atoms with Crippen LogP contribution in [-0.2, 0) is 33.3 Å². The van der Waals surface area contributed by atoms with Crippen LogP contribution in [0, 0.1) is 5.92 Å². The summed E-state index contributed by atoms with van der Waals surface area (Å²) in [5.74, 6) is -0.723. The second kappa shape index (κ2) is 26.2. The Morgan fingerprint density at radius 1 is 0.750 bits per heavy atom. The van der Waals surface area contributed by atoms with Crippen molar-refractivity contribution in [2.75, 3.05) is 0 Å². The topological polar surface area (TPSA) is 91.7 Å². The number of carboxylic acids is 2. The summed E-state index contributed by atoms with van der Waals surface area (Å²) in [6.45, 7) is 9.22. The number of rotatable bonds is 16. The van der Waals surface area contributed by atoms with E-state index < -0.39 is 11.9 Å². The van der Waals surface area contributed by atoms with Gasteiger partial charge in [0.1, 0.15) is 0 Å². The normalized spacial score (nSPS) is 9.68. The maximum absolute atomic E-state index is 10.3. The van der Waals surface area contributed by atoms with Crippen molar-refractivity contribution in [2.45, 2.75) is 111 Å². The molecule has 0 bridgehead atoms. The van der Waals surface area contributed by atoms with Crippen LogP contribution in [0.3, 0.4) is 0 Å². The summed E-state index contributed by atoms with van der Waals surface area (Å²) in [7, 11) is 0. The molecule has 2 N–H and O–H groups in total. The fourth-order valence-electron chi connectivity index (χ4n) is 2.60. The van der Waals surface area contributed by atoms with Crippen LogP contribution in [0.1, 0.15) is 111 Å². The summed E-state index contributed by atoms with van der Waals surface area (Å²) < 4.78 is 8.25. The van der Waals surface area contributed by atoms with E-state index in [0.717, 1.165) is 39.2 Å². The number of aliphatic carboxylic acids is 2. The van der Waals surface area contributed by atoms with Gasteiger partial charge >= 0.3 is 35.7 Å². The van der Waals surface area contributed by atoms with Crippen LogP contribution in [0.15, 0.2) is 12.2 Å². The molecule has 6 heteroatoms. The van der Waals surface area contributed by atoms with Gasteiger partial charge in [-0.3, -0.25) is 4.79 Å². The van der Waals surface area contributed by atoms with Crippen LogP contribution in [-0.4, -0.2) is 22.2 Å². The maximum atomic E-state index is 10.3. The van der Waals surface area contributed by atoms with Crippen LogP contribution in [0.5, 0.6) is 0 Å². The van der Waals surface area contributed by atoms with Crippen molar-refractivity contribution in [3.05, 3.63) is 12.2 Å². The number of hydrogen-bond acceptors (Lipinski definition) is 3. The van der Waals surface area contributed by atoms with Gasteiger partial charge in [0.05, 0.1) is 0 Å². The van der Waals surface area contributed by atoms with Gasteiger partial charge in [-0.2, -0.15) is 0 Å². The fraction of sp³-hybridized carbons (Fsp3) is 0.818. The molecular weight excluding hydrogens is 392 g/mol. The standard InChI is InChI=1S/C18H36O2.C4H6O2.O.Ti/c1-17(2)15-13-11-9-7-5-3-4-6-8-10-12-14-16-18(19)20;1-3(2)4(5)6;;/h17H,3-16H2,1-2H3,(H,19,20);1H2,2H3,(H,5,6);;. The predicted octanol–water partition coefficient (Wildman–Crippen LogP) is 6.71. The van der Waals surface area contributed by atoms with Gasteiger partial charge in [0.25, 0.3) is 0 Å². The first-order valence-corrected chi connectivity index (χ1v) is 11.2. The molecule has 0 radical (unpaired) electrons. The zero-order chi connectivity index (χ0) is 22.2. The molecule has 0 aromatic carbocycles. The Kier molecular flexibility index (Phi) is 29.8. The molecule has 0 aliphatic rings. The number of carbonyl (C=O) groups is 2. The molecule has 0 aromatic rings. The molecule has 0 unspecified atom stereocenters. The van der Waals surface area contributed by atoms with Gasteiger partial charge < -0.3 is 10.2 Å². The van der Waals surface area contributed by atoms with E-state index in [0.29, 0.717) is 6.42 Å². The van der Waals surface area contributed by atoms with E-state index in [1.54, 1.807) is 0 Å². The van der Waals surface area contributed by atoms with Gasteiger partial charge in [-0.05, 0) is 19.3 Å². The predicted molar refractivity (Wildman–Crippen MR) is 110 cm³/mol. The Bertz CT molecular complexity index is 371. The van der Waals surface area contributed by atoms with E-state index in [1.807, 2.05) is 0 Å². The third-order valence-corrected chi connectivity index (χ3v) is 4.29. The average molecular weight is 434 g/mol. The molecule has 0 saturated heterocycles. The number of unbranched alkanes of at least 4 members (excludes halogenated alkanes) is 11. The van der Waals surface area contributed by atoms with Crippen LogP contribution >= 0.6 is 0 Å². The Hall–Kier alpha value is -0.806. The minimum atomic E-state index is -0.935. The molecule has 0 fully saturated rings. The van der Waals surface area contributed by atoms with Gasteiger partial charge in [-0.25, -0.2) is 4.79 Å². The molecule has 5 nitrogen and oxygen atoms in total. The Morgan fingerprint density at radius 3 is 1.29 bits per heavy atom. The quantitative estimate of drug-likeness (QED) is 0.160. The first-order chi connectivity index (χ1) is 13.3. The molecule has 0 aliphatic heterocycles. The van der Waals surface area contributed by atoms with Crippen molar-refractivity contribution in [1.29, 1.82) is 0 Å². The molecule has 0 heterocycles. The Morgan fingerprint density at radius 2 is 1.04 bits per heavy atom. The summed E-state index contributed by atoms with van der Waals surface area (Å²) in [5.41, 5.74) is 0.176. The summed E-state index contributed by atoms with van der Waals surface area (Å²) in [4.78, 5) is 19.9. The average Bonchev–Trinajstić information content (AvgIpc) is 2.63. The number of carboxylic acid groups (broad SMARTS) is 2. The van der Waals surface area contributed by atoms with Crippen molar-refractivity contribution in [3.63, 3.8) is 0 Å². The van der Waals surface area contributed by atoms with Crippen LogP contribution in [0.4, 0.5) is 0 Å². The van der Waals surface area contributed by atoms with E-state index in [2.05, 4.69) is 20.4 Å². The molecule has 0 aliphatic carbocycles. The molecular formula is C22H42O5Ti. The van der Waals surface area contributed by atoms with Crippen molar-refractivity contribution in [3.8, 4) is 0 Å². The summed E-state index contributed by atoms with van der Waals surface area (Å²) in [6, 6.07) is 0. The second-order valence-electron chi connectivity index (χ2n) is 7.65. The molecule has 0 atom stereocenters. The molecule has 164 valence electrons. The van der Waals surface area contributed by atoms with E-state index in [4.69, 9.17) is 13.5 Å². The van der Waals surface area contributed by atoms with Crippen molar-refractivity contribution in [2.24, 2.45) is 5.92 Å². The van der Waals surface area contributed by atoms with Crippen LogP contribution in [0.2, 0.25) is 0 Å². The first kappa shape index (κ1) is 31.9. The number of hydrogen-bond donors (Lipinski definition) is 2. The molecule has 0 amide bonds. The third-order valence-electron chi connectivity index (χ3n) is 4.29. The van der Waals surface area contributed by atoms with Crippen molar-refractivity contribution in [1.82, 2.24) is 0 Å². The molecule has 28 heavy (non-hydrogen) atoms. The zero-order valence-electron chi connectivity index (χ0n) is 18.3. The molecule has 0 spiro atoms. The molecule has 0 rings (SSSR count). The zero-order valence-corrected chi connectivity index (χ0v) is 19.9. The van der Waals surface area contributed by atoms with Crippen molar-refractivity contribution < 1.29 is 43.5 Å². The molecule has 0 saturated carbocycles. The van der Waals surface area contributed by atoms with Gasteiger partial charge in [0.2, 0.25) is 0 Å². The summed E-state index contributed by atoms with van der Waals surface area (Å²) >= 11 is 0.750. The first-order valence-electron chi connectivity index (χ1n) is 10.6. The summed E-state index contributed by atoms with van der Waals surface area (Å²) in [6.07, 6.45) is 17.3. The Labute approximate surface area is 184 Å². The third kappa shape index (κ3) is 36.2. The summed E-state index contributed by atoms with van der Waals surface area (Å²) in [5, 5.41) is 16.4. The second-order valence-corrected chi connectivity index (χ2v) is 7.65.